The molecule has 132 valence electrons. The fourth-order valence-corrected chi connectivity index (χ4v) is 3.31. The third kappa shape index (κ3) is 6.72. The Morgan fingerprint density at radius 3 is 2.54 bits per heavy atom. The molecule has 0 aliphatic heterocycles. The maximum Gasteiger partial charge on any atom is 0.191 e. The van der Waals surface area contributed by atoms with E-state index in [1.807, 2.05) is 24.4 Å². The zero-order valence-corrected chi connectivity index (χ0v) is 17.6. The third-order valence-corrected chi connectivity index (χ3v) is 4.60. The van der Waals surface area contributed by atoms with Crippen molar-refractivity contribution in [2.24, 2.45) is 4.99 Å². The zero-order chi connectivity index (χ0) is 16.5. The quantitative estimate of drug-likeness (QED) is 0.380. The maximum absolute atomic E-state index is 4.66. The van der Waals surface area contributed by atoms with Gasteiger partial charge in [0.1, 0.15) is 0 Å². The number of hydrogen-bond donors (Lipinski definition) is 2. The summed E-state index contributed by atoms with van der Waals surface area (Å²) in [5.74, 6) is 0.824. The van der Waals surface area contributed by atoms with E-state index >= 15 is 0 Å². The molecule has 2 rings (SSSR count). The van der Waals surface area contributed by atoms with Crippen LogP contribution in [-0.4, -0.2) is 36.1 Å². The summed E-state index contributed by atoms with van der Waals surface area (Å²) >= 11 is 1.79. The third-order valence-electron chi connectivity index (χ3n) is 3.53. The lowest BCUT2D eigenvalue weighted by Gasteiger charge is -2.11. The second-order valence-electron chi connectivity index (χ2n) is 5.21. The fraction of sp³-hybridized carbons (Fsp3) is 0.471. The molecule has 0 aliphatic carbocycles. The van der Waals surface area contributed by atoms with Crippen LogP contribution >= 0.6 is 35.3 Å². The van der Waals surface area contributed by atoms with E-state index in [1.54, 1.807) is 18.4 Å². The number of hydrogen-bond acceptors (Lipinski definition) is 4. The largest absolute Gasteiger partial charge is 0.356 e. The number of aryl methyl sites for hydroxylation is 2. The van der Waals surface area contributed by atoms with Crippen molar-refractivity contribution in [3.8, 4) is 0 Å². The fourth-order valence-electron chi connectivity index (χ4n) is 2.29. The summed E-state index contributed by atoms with van der Waals surface area (Å²) in [6.45, 7) is 5.94. The van der Waals surface area contributed by atoms with Gasteiger partial charge < -0.3 is 10.6 Å². The van der Waals surface area contributed by atoms with Crippen molar-refractivity contribution in [3.63, 3.8) is 0 Å². The van der Waals surface area contributed by atoms with E-state index in [0.29, 0.717) is 0 Å². The van der Waals surface area contributed by atoms with Crippen LogP contribution in [0.25, 0.3) is 0 Å². The molecule has 0 atom stereocenters. The van der Waals surface area contributed by atoms with E-state index in [4.69, 9.17) is 0 Å². The topological polar surface area (TPSA) is 62.2 Å². The van der Waals surface area contributed by atoms with Gasteiger partial charge >= 0.3 is 0 Å². The summed E-state index contributed by atoms with van der Waals surface area (Å²) in [5.41, 5.74) is 2.31. The van der Waals surface area contributed by atoms with Gasteiger partial charge in [-0.3, -0.25) is 9.98 Å². The lowest BCUT2D eigenvalue weighted by molar-refractivity contribution is 0.773. The van der Waals surface area contributed by atoms with Gasteiger partial charge in [-0.25, -0.2) is 4.98 Å². The Hall–Kier alpha value is -1.22. The minimum Gasteiger partial charge on any atom is -0.356 e. The van der Waals surface area contributed by atoms with Crippen molar-refractivity contribution >= 4 is 41.3 Å². The van der Waals surface area contributed by atoms with Gasteiger partial charge in [0, 0.05) is 49.7 Å². The molecule has 2 aromatic heterocycles. The molecule has 5 nitrogen and oxygen atoms in total. The number of guanidine groups is 1. The summed E-state index contributed by atoms with van der Waals surface area (Å²) in [4.78, 5) is 14.6. The molecule has 0 fully saturated rings. The van der Waals surface area contributed by atoms with Gasteiger partial charge in [-0.2, -0.15) is 0 Å². The van der Waals surface area contributed by atoms with E-state index in [9.17, 15) is 0 Å². The molecule has 0 amide bonds. The lowest BCUT2D eigenvalue weighted by Crippen LogP contribution is -2.39. The first-order valence-corrected chi connectivity index (χ1v) is 8.84. The van der Waals surface area contributed by atoms with Gasteiger partial charge in [0.25, 0.3) is 0 Å². The predicted molar refractivity (Wildman–Crippen MR) is 113 cm³/mol. The number of nitrogens with zero attached hydrogens (tertiary/aromatic N) is 3. The van der Waals surface area contributed by atoms with Crippen molar-refractivity contribution in [2.75, 3.05) is 20.1 Å². The van der Waals surface area contributed by atoms with E-state index < -0.39 is 0 Å². The minimum absolute atomic E-state index is 0. The van der Waals surface area contributed by atoms with E-state index in [1.165, 1.54) is 15.6 Å². The Morgan fingerprint density at radius 1 is 1.21 bits per heavy atom. The Morgan fingerprint density at radius 2 is 1.96 bits per heavy atom. The van der Waals surface area contributed by atoms with Crippen LogP contribution in [0.4, 0.5) is 0 Å². The molecule has 0 unspecified atom stereocenters. The molecule has 2 N–H and O–H groups in total. The highest BCUT2D eigenvalue weighted by atomic mass is 127. The van der Waals surface area contributed by atoms with Crippen LogP contribution in [0.5, 0.6) is 0 Å². The van der Waals surface area contributed by atoms with Crippen molar-refractivity contribution in [1.82, 2.24) is 20.6 Å². The highest BCUT2D eigenvalue weighted by Gasteiger charge is 2.06. The van der Waals surface area contributed by atoms with Gasteiger partial charge in [0.05, 0.1) is 10.7 Å². The summed E-state index contributed by atoms with van der Waals surface area (Å²) in [5, 5.41) is 7.84. The standard InChI is InChI=1S/C17H25N5S.HI/c1-4-15-13(2)23-16(22-15)9-12-21-17(18-3)20-11-8-14-7-5-6-10-19-14;/h5-7,10H,4,8-9,11-12H2,1-3H3,(H2,18,20,21);1H. The summed E-state index contributed by atoms with van der Waals surface area (Å²) in [7, 11) is 1.79. The molecule has 0 saturated carbocycles. The molecule has 2 aromatic rings. The highest BCUT2D eigenvalue weighted by Crippen LogP contribution is 2.17. The van der Waals surface area contributed by atoms with Crippen LogP contribution in [0.1, 0.15) is 28.2 Å². The monoisotopic (exact) mass is 459 g/mol. The van der Waals surface area contributed by atoms with Crippen LogP contribution < -0.4 is 10.6 Å². The normalized spacial score (nSPS) is 11.0. The first-order valence-electron chi connectivity index (χ1n) is 8.02. The van der Waals surface area contributed by atoms with Gasteiger partial charge in [0.15, 0.2) is 5.96 Å². The van der Waals surface area contributed by atoms with Crippen molar-refractivity contribution in [3.05, 3.63) is 45.7 Å². The molecular weight excluding hydrogens is 433 g/mol. The first kappa shape index (κ1) is 20.8. The van der Waals surface area contributed by atoms with Crippen LogP contribution in [-0.2, 0) is 19.3 Å². The van der Waals surface area contributed by atoms with Crippen LogP contribution in [0.3, 0.4) is 0 Å². The summed E-state index contributed by atoms with van der Waals surface area (Å²) in [6, 6.07) is 5.98. The maximum atomic E-state index is 4.66. The number of aromatic nitrogens is 2. The number of nitrogens with one attached hydrogen (secondary N) is 2. The van der Waals surface area contributed by atoms with Crippen LogP contribution in [0.2, 0.25) is 0 Å². The molecule has 24 heavy (non-hydrogen) atoms. The molecular formula is C17H26IN5S. The highest BCUT2D eigenvalue weighted by molar-refractivity contribution is 14.0. The number of thiazole rings is 1. The van der Waals surface area contributed by atoms with Gasteiger partial charge in [-0.05, 0) is 25.5 Å². The van der Waals surface area contributed by atoms with Gasteiger partial charge in [-0.15, -0.1) is 35.3 Å². The van der Waals surface area contributed by atoms with E-state index in [0.717, 1.165) is 44.0 Å². The lowest BCUT2D eigenvalue weighted by atomic mass is 10.3. The predicted octanol–water partition coefficient (Wildman–Crippen LogP) is 2.98. The SMILES string of the molecule is CCc1nc(CCNC(=NC)NCCc2ccccn2)sc1C.I. The number of rotatable bonds is 7. The second-order valence-corrected chi connectivity index (χ2v) is 6.50. The number of pyridine rings is 1. The van der Waals surface area contributed by atoms with Crippen LogP contribution in [0, 0.1) is 6.92 Å². The Balaban J connectivity index is 0.00000288. The van der Waals surface area contributed by atoms with Gasteiger partial charge in [-0.1, -0.05) is 13.0 Å². The molecule has 0 saturated heterocycles. The second kappa shape index (κ2) is 11.4. The molecule has 0 spiro atoms. The average molecular weight is 459 g/mol. The molecule has 0 aromatic carbocycles. The molecule has 7 heteroatoms. The Labute approximate surface area is 165 Å². The number of aliphatic imine (C=N–C) groups is 1. The molecule has 2 heterocycles. The average Bonchev–Trinajstić information content (AvgIpc) is 2.94. The minimum atomic E-state index is 0. The number of halogens is 1. The van der Waals surface area contributed by atoms with E-state index in [2.05, 4.69) is 39.4 Å². The molecule has 0 bridgehead atoms. The van der Waals surface area contributed by atoms with Crippen molar-refractivity contribution < 1.29 is 0 Å². The zero-order valence-electron chi connectivity index (χ0n) is 14.5. The Bertz CT molecular complexity index is 627. The first-order chi connectivity index (χ1) is 11.2. The molecule has 0 aliphatic rings. The van der Waals surface area contributed by atoms with Crippen molar-refractivity contribution in [1.29, 1.82) is 0 Å². The van der Waals surface area contributed by atoms with Crippen LogP contribution in [0.15, 0.2) is 29.4 Å². The summed E-state index contributed by atoms with van der Waals surface area (Å²) < 4.78 is 0. The van der Waals surface area contributed by atoms with Gasteiger partial charge in [0.2, 0.25) is 0 Å². The van der Waals surface area contributed by atoms with Crippen molar-refractivity contribution in [2.45, 2.75) is 33.1 Å². The smallest absolute Gasteiger partial charge is 0.191 e. The van der Waals surface area contributed by atoms with E-state index in [-0.39, 0.29) is 24.0 Å². The molecule has 0 radical (unpaired) electrons. The summed E-state index contributed by atoms with van der Waals surface area (Å²) in [6.07, 6.45) is 4.63. The Kier molecular flexibility index (Phi) is 9.85.